The van der Waals surface area contributed by atoms with E-state index >= 15 is 0 Å². The minimum Gasteiger partial charge on any atom is -0.325 e. The zero-order valence-electron chi connectivity index (χ0n) is 18.6. The molecule has 0 saturated heterocycles. The molecule has 0 bridgehead atoms. The van der Waals surface area contributed by atoms with Crippen LogP contribution in [0.15, 0.2) is 78.0 Å². The first-order valence-electron chi connectivity index (χ1n) is 10.5. The summed E-state index contributed by atoms with van der Waals surface area (Å²) in [7, 11) is 1.85. The van der Waals surface area contributed by atoms with E-state index in [1.54, 1.807) is 24.3 Å². The molecule has 4 aromatic rings. The van der Waals surface area contributed by atoms with Crippen LogP contribution in [0.4, 0.5) is 11.4 Å². The molecule has 0 spiro atoms. The highest BCUT2D eigenvalue weighted by Crippen LogP contribution is 2.26. The van der Waals surface area contributed by atoms with Crippen LogP contribution in [-0.2, 0) is 11.8 Å². The normalized spacial score (nSPS) is 10.7. The van der Waals surface area contributed by atoms with Crippen LogP contribution in [0.2, 0.25) is 5.02 Å². The third-order valence-electron chi connectivity index (χ3n) is 5.15. The van der Waals surface area contributed by atoms with Crippen LogP contribution in [0.5, 0.6) is 0 Å². The van der Waals surface area contributed by atoms with Crippen LogP contribution in [0.25, 0.3) is 11.4 Å². The lowest BCUT2D eigenvalue weighted by atomic mass is 10.1. The van der Waals surface area contributed by atoms with E-state index in [0.717, 1.165) is 11.1 Å². The SMILES string of the molecule is Cc1c(Cl)cccc1NC(=O)CSc1nnc(-c2ccc(NC(=O)c3ccccc3)cc2)n1C. The van der Waals surface area contributed by atoms with Crippen molar-refractivity contribution in [1.82, 2.24) is 14.8 Å². The summed E-state index contributed by atoms with van der Waals surface area (Å²) in [6, 6.07) is 21.8. The number of halogens is 1. The van der Waals surface area contributed by atoms with Gasteiger partial charge in [-0.25, -0.2) is 0 Å². The fraction of sp³-hybridized carbons (Fsp3) is 0.120. The van der Waals surface area contributed by atoms with E-state index in [0.29, 0.717) is 32.9 Å². The lowest BCUT2D eigenvalue weighted by molar-refractivity contribution is -0.113. The number of hydrogen-bond donors (Lipinski definition) is 2. The molecule has 4 rings (SSSR count). The van der Waals surface area contributed by atoms with Crippen LogP contribution >= 0.6 is 23.4 Å². The predicted molar refractivity (Wildman–Crippen MR) is 136 cm³/mol. The Balaban J connectivity index is 1.37. The van der Waals surface area contributed by atoms with Gasteiger partial charge in [0.25, 0.3) is 5.91 Å². The van der Waals surface area contributed by atoms with Gasteiger partial charge in [0, 0.05) is 34.6 Å². The smallest absolute Gasteiger partial charge is 0.255 e. The van der Waals surface area contributed by atoms with Crippen molar-refractivity contribution >= 4 is 46.6 Å². The number of hydrogen-bond acceptors (Lipinski definition) is 5. The van der Waals surface area contributed by atoms with Crippen molar-refractivity contribution in [3.05, 3.63) is 88.9 Å². The Morgan fingerprint density at radius 2 is 1.68 bits per heavy atom. The molecule has 172 valence electrons. The molecule has 2 N–H and O–H groups in total. The quantitative estimate of drug-likeness (QED) is 0.337. The number of carbonyl (C=O) groups excluding carboxylic acids is 2. The van der Waals surface area contributed by atoms with Gasteiger partial charge in [0.05, 0.1) is 5.75 Å². The Bertz CT molecular complexity index is 1320. The van der Waals surface area contributed by atoms with Gasteiger partial charge in [-0.1, -0.05) is 47.6 Å². The summed E-state index contributed by atoms with van der Waals surface area (Å²) >= 11 is 7.41. The Hall–Kier alpha value is -3.62. The molecule has 1 heterocycles. The number of thioether (sulfide) groups is 1. The van der Waals surface area contributed by atoms with E-state index in [1.165, 1.54) is 11.8 Å². The number of carbonyl (C=O) groups is 2. The lowest BCUT2D eigenvalue weighted by Crippen LogP contribution is -2.15. The molecule has 0 atom stereocenters. The molecule has 0 saturated carbocycles. The van der Waals surface area contributed by atoms with Crippen molar-refractivity contribution in [2.24, 2.45) is 7.05 Å². The van der Waals surface area contributed by atoms with Crippen molar-refractivity contribution in [2.45, 2.75) is 12.1 Å². The molecule has 0 radical (unpaired) electrons. The van der Waals surface area contributed by atoms with Crippen LogP contribution < -0.4 is 10.6 Å². The summed E-state index contributed by atoms with van der Waals surface area (Å²) in [5, 5.41) is 15.5. The highest BCUT2D eigenvalue weighted by Gasteiger charge is 2.14. The van der Waals surface area contributed by atoms with E-state index in [-0.39, 0.29) is 17.6 Å². The van der Waals surface area contributed by atoms with E-state index < -0.39 is 0 Å². The maximum absolute atomic E-state index is 12.4. The van der Waals surface area contributed by atoms with E-state index in [4.69, 9.17) is 11.6 Å². The summed E-state index contributed by atoms with van der Waals surface area (Å²) in [5.74, 6) is 0.521. The first-order valence-corrected chi connectivity index (χ1v) is 11.8. The summed E-state index contributed by atoms with van der Waals surface area (Å²) in [5.41, 5.74) is 3.64. The molecule has 0 aliphatic carbocycles. The molecule has 1 aromatic heterocycles. The Morgan fingerprint density at radius 3 is 2.41 bits per heavy atom. The fourth-order valence-corrected chi connectivity index (χ4v) is 4.13. The van der Waals surface area contributed by atoms with Crippen LogP contribution in [0.1, 0.15) is 15.9 Å². The highest BCUT2D eigenvalue weighted by molar-refractivity contribution is 7.99. The van der Waals surface area contributed by atoms with Crippen molar-refractivity contribution in [3.63, 3.8) is 0 Å². The topological polar surface area (TPSA) is 88.9 Å². The monoisotopic (exact) mass is 491 g/mol. The lowest BCUT2D eigenvalue weighted by Gasteiger charge is -2.09. The molecule has 3 aromatic carbocycles. The summed E-state index contributed by atoms with van der Waals surface area (Å²) in [6.07, 6.45) is 0. The van der Waals surface area contributed by atoms with E-state index in [2.05, 4.69) is 20.8 Å². The van der Waals surface area contributed by atoms with Crippen molar-refractivity contribution in [2.75, 3.05) is 16.4 Å². The number of amides is 2. The van der Waals surface area contributed by atoms with Gasteiger partial charge in [0.2, 0.25) is 5.91 Å². The molecule has 0 aliphatic heterocycles. The van der Waals surface area contributed by atoms with Crippen LogP contribution in [-0.4, -0.2) is 32.3 Å². The molecule has 7 nitrogen and oxygen atoms in total. The number of rotatable bonds is 7. The second-order valence-electron chi connectivity index (χ2n) is 7.51. The molecule has 2 amide bonds. The zero-order valence-corrected chi connectivity index (χ0v) is 20.2. The van der Waals surface area contributed by atoms with Crippen LogP contribution in [0, 0.1) is 6.92 Å². The molecule has 0 unspecified atom stereocenters. The molecule has 9 heteroatoms. The number of anilines is 2. The summed E-state index contributed by atoms with van der Waals surface area (Å²) in [6.45, 7) is 1.86. The third-order valence-corrected chi connectivity index (χ3v) is 6.58. The summed E-state index contributed by atoms with van der Waals surface area (Å²) in [4.78, 5) is 24.7. The third kappa shape index (κ3) is 5.47. The van der Waals surface area contributed by atoms with Crippen LogP contribution in [0.3, 0.4) is 0 Å². The average molecular weight is 492 g/mol. The van der Waals surface area contributed by atoms with Crippen molar-refractivity contribution < 1.29 is 9.59 Å². The second kappa shape index (κ2) is 10.5. The molecule has 34 heavy (non-hydrogen) atoms. The van der Waals surface area contributed by atoms with Gasteiger partial charge in [-0.2, -0.15) is 0 Å². The van der Waals surface area contributed by atoms with Crippen molar-refractivity contribution in [3.8, 4) is 11.4 Å². The van der Waals surface area contributed by atoms with Gasteiger partial charge in [0.15, 0.2) is 11.0 Å². The second-order valence-corrected chi connectivity index (χ2v) is 8.86. The van der Waals surface area contributed by atoms with Gasteiger partial charge in [-0.05, 0) is 61.0 Å². The Labute approximate surface area is 206 Å². The van der Waals surface area contributed by atoms with Gasteiger partial charge in [-0.15, -0.1) is 10.2 Å². The van der Waals surface area contributed by atoms with Gasteiger partial charge >= 0.3 is 0 Å². The first-order chi connectivity index (χ1) is 16.4. The van der Waals surface area contributed by atoms with Gasteiger partial charge in [-0.3, -0.25) is 9.59 Å². The Kier molecular flexibility index (Phi) is 7.30. The van der Waals surface area contributed by atoms with Gasteiger partial charge in [0.1, 0.15) is 0 Å². The maximum atomic E-state index is 12.4. The predicted octanol–water partition coefficient (Wildman–Crippen LogP) is 5.43. The minimum atomic E-state index is -0.170. The van der Waals surface area contributed by atoms with E-state index in [9.17, 15) is 9.59 Å². The molecule has 0 aliphatic rings. The highest BCUT2D eigenvalue weighted by atomic mass is 35.5. The molecular formula is C25H22ClN5O2S. The molecule has 0 fully saturated rings. The van der Waals surface area contributed by atoms with E-state index in [1.807, 2.05) is 67.1 Å². The molecular weight excluding hydrogens is 470 g/mol. The summed E-state index contributed by atoms with van der Waals surface area (Å²) < 4.78 is 1.83. The minimum absolute atomic E-state index is 0.154. The number of benzene rings is 3. The number of nitrogens with zero attached hydrogens (tertiary/aromatic N) is 3. The van der Waals surface area contributed by atoms with Crippen molar-refractivity contribution in [1.29, 1.82) is 0 Å². The Morgan fingerprint density at radius 1 is 0.941 bits per heavy atom. The maximum Gasteiger partial charge on any atom is 0.255 e. The van der Waals surface area contributed by atoms with Gasteiger partial charge < -0.3 is 15.2 Å². The average Bonchev–Trinajstić information content (AvgIpc) is 3.22. The standard InChI is InChI=1S/C25H22ClN5O2S/c1-16-20(26)9-6-10-21(16)28-22(32)15-34-25-30-29-23(31(25)2)17-11-13-19(14-12-17)27-24(33)18-7-4-3-5-8-18/h3-14H,15H2,1-2H3,(H,27,33)(H,28,32). The fourth-order valence-electron chi connectivity index (χ4n) is 3.25. The first kappa shape index (κ1) is 23.5. The largest absolute Gasteiger partial charge is 0.325 e. The number of aromatic nitrogens is 3. The number of nitrogens with one attached hydrogen (secondary N) is 2. The zero-order chi connectivity index (χ0) is 24.1.